The Hall–Kier alpha value is -4.60. The van der Waals surface area contributed by atoms with Crippen molar-refractivity contribution in [2.45, 2.75) is 6.54 Å². The van der Waals surface area contributed by atoms with Gasteiger partial charge in [-0.3, -0.25) is 0 Å². The number of hydrazone groups is 1. The quantitative estimate of drug-likeness (QED) is 0.243. The highest BCUT2D eigenvalue weighted by Gasteiger charge is 2.08. The van der Waals surface area contributed by atoms with Gasteiger partial charge in [0.2, 0.25) is 17.8 Å². The predicted octanol–water partition coefficient (Wildman–Crippen LogP) is 4.28. The van der Waals surface area contributed by atoms with Gasteiger partial charge >= 0.3 is 0 Å². The normalized spacial score (nSPS) is 10.7. The van der Waals surface area contributed by atoms with Crippen molar-refractivity contribution < 1.29 is 13.9 Å². The van der Waals surface area contributed by atoms with Crippen molar-refractivity contribution >= 4 is 29.7 Å². The Kier molecular flexibility index (Phi) is 6.96. The maximum atomic E-state index is 5.35. The van der Waals surface area contributed by atoms with Gasteiger partial charge in [0.1, 0.15) is 17.3 Å². The summed E-state index contributed by atoms with van der Waals surface area (Å²) in [4.78, 5) is 13.2. The van der Waals surface area contributed by atoms with Crippen LogP contribution in [0, 0.1) is 0 Å². The van der Waals surface area contributed by atoms with Gasteiger partial charge in [-0.15, -0.1) is 0 Å². The number of anilines is 4. The van der Waals surface area contributed by atoms with Crippen LogP contribution in [0.15, 0.2) is 76.4 Å². The molecule has 0 spiro atoms. The van der Waals surface area contributed by atoms with E-state index < -0.39 is 0 Å². The largest absolute Gasteiger partial charge is 0.497 e. The van der Waals surface area contributed by atoms with E-state index >= 15 is 0 Å². The zero-order valence-electron chi connectivity index (χ0n) is 18.1. The number of nitrogens with zero attached hydrogens (tertiary/aromatic N) is 4. The molecule has 0 aliphatic heterocycles. The molecule has 0 aliphatic carbocycles. The predicted molar refractivity (Wildman–Crippen MR) is 126 cm³/mol. The number of ether oxygens (including phenoxy) is 2. The highest BCUT2D eigenvalue weighted by Crippen LogP contribution is 2.19. The maximum Gasteiger partial charge on any atom is 0.250 e. The molecule has 0 amide bonds. The first-order valence-corrected chi connectivity index (χ1v) is 10.1. The minimum atomic E-state index is 0.271. The molecule has 0 saturated carbocycles. The standard InChI is InChI=1S/C23H23N7O3/c1-31-18-9-5-16(6-10-18)14-25-30-23-28-21(24-15-20-4-3-13-33-20)27-22(29-23)26-17-7-11-19(32-2)12-8-17/h3-14H,15H2,1-2H3,(H3,24,26,27,28,29,30)/b25-14-. The summed E-state index contributed by atoms with van der Waals surface area (Å²) in [5, 5.41) is 10.5. The molecule has 2 aromatic carbocycles. The number of furan rings is 1. The third-order valence-electron chi connectivity index (χ3n) is 4.48. The van der Waals surface area contributed by atoms with Crippen LogP contribution in [0.2, 0.25) is 0 Å². The van der Waals surface area contributed by atoms with Crippen LogP contribution >= 0.6 is 0 Å². The van der Waals surface area contributed by atoms with Gasteiger partial charge in [-0.05, 0) is 66.2 Å². The van der Waals surface area contributed by atoms with Crippen LogP contribution in [0.5, 0.6) is 11.5 Å². The molecule has 0 aliphatic rings. The summed E-state index contributed by atoms with van der Waals surface area (Å²) in [7, 11) is 3.25. The fourth-order valence-corrected chi connectivity index (χ4v) is 2.80. The summed E-state index contributed by atoms with van der Waals surface area (Å²) in [6, 6.07) is 18.6. The Balaban J connectivity index is 1.50. The zero-order chi connectivity index (χ0) is 22.9. The Labute approximate surface area is 190 Å². The van der Waals surface area contributed by atoms with Crippen LogP contribution in [-0.2, 0) is 6.54 Å². The lowest BCUT2D eigenvalue weighted by Gasteiger charge is -2.10. The molecule has 0 radical (unpaired) electrons. The molecule has 10 heteroatoms. The topological polar surface area (TPSA) is 119 Å². The van der Waals surface area contributed by atoms with E-state index in [9.17, 15) is 0 Å². The molecule has 2 heterocycles. The molecule has 10 nitrogen and oxygen atoms in total. The number of benzene rings is 2. The van der Waals surface area contributed by atoms with Gasteiger partial charge in [0, 0.05) is 5.69 Å². The maximum absolute atomic E-state index is 5.35. The van der Waals surface area contributed by atoms with Crippen molar-refractivity contribution in [1.82, 2.24) is 15.0 Å². The van der Waals surface area contributed by atoms with Crippen molar-refractivity contribution in [1.29, 1.82) is 0 Å². The van der Waals surface area contributed by atoms with Crippen molar-refractivity contribution in [3.05, 3.63) is 78.3 Å². The van der Waals surface area contributed by atoms with E-state index in [-0.39, 0.29) is 5.95 Å². The Morgan fingerprint density at radius 3 is 2.18 bits per heavy atom. The summed E-state index contributed by atoms with van der Waals surface area (Å²) in [6.07, 6.45) is 3.28. The zero-order valence-corrected chi connectivity index (χ0v) is 18.1. The Bertz CT molecular complexity index is 1180. The van der Waals surface area contributed by atoms with Crippen LogP contribution in [0.25, 0.3) is 0 Å². The monoisotopic (exact) mass is 445 g/mol. The number of aromatic nitrogens is 3. The first kappa shape index (κ1) is 21.6. The van der Waals surface area contributed by atoms with Crippen LogP contribution in [0.1, 0.15) is 11.3 Å². The van der Waals surface area contributed by atoms with Gasteiger partial charge in [-0.1, -0.05) is 0 Å². The van der Waals surface area contributed by atoms with E-state index in [2.05, 4.69) is 36.1 Å². The molecular weight excluding hydrogens is 422 g/mol. The first-order valence-electron chi connectivity index (χ1n) is 10.1. The lowest BCUT2D eigenvalue weighted by atomic mass is 10.2. The molecule has 0 bridgehead atoms. The molecule has 0 saturated heterocycles. The summed E-state index contributed by atoms with van der Waals surface area (Å²) < 4.78 is 15.7. The second-order valence-corrected chi connectivity index (χ2v) is 6.74. The van der Waals surface area contributed by atoms with E-state index in [0.717, 1.165) is 28.5 Å². The summed E-state index contributed by atoms with van der Waals surface area (Å²) in [5.74, 6) is 3.27. The van der Waals surface area contributed by atoms with Crippen molar-refractivity contribution in [3.63, 3.8) is 0 Å². The minimum Gasteiger partial charge on any atom is -0.497 e. The molecule has 3 N–H and O–H groups in total. The summed E-state index contributed by atoms with van der Waals surface area (Å²) in [5.41, 5.74) is 4.54. The summed E-state index contributed by atoms with van der Waals surface area (Å²) >= 11 is 0. The number of hydrogen-bond donors (Lipinski definition) is 3. The van der Waals surface area contributed by atoms with Crippen LogP contribution in [0.4, 0.5) is 23.5 Å². The summed E-state index contributed by atoms with van der Waals surface area (Å²) in [6.45, 7) is 0.424. The second-order valence-electron chi connectivity index (χ2n) is 6.74. The van der Waals surface area contributed by atoms with E-state index in [1.807, 2.05) is 60.7 Å². The van der Waals surface area contributed by atoms with Crippen LogP contribution in [-0.4, -0.2) is 35.4 Å². The van der Waals surface area contributed by atoms with Gasteiger partial charge in [-0.2, -0.15) is 20.1 Å². The molecular formula is C23H23N7O3. The lowest BCUT2D eigenvalue weighted by molar-refractivity contribution is 0.414. The fraction of sp³-hybridized carbons (Fsp3) is 0.130. The molecule has 4 rings (SSSR count). The number of methoxy groups -OCH3 is 2. The Morgan fingerprint density at radius 2 is 1.52 bits per heavy atom. The van der Waals surface area contributed by atoms with E-state index in [0.29, 0.717) is 18.4 Å². The van der Waals surface area contributed by atoms with Crippen molar-refractivity contribution in [2.75, 3.05) is 30.3 Å². The van der Waals surface area contributed by atoms with Gasteiger partial charge < -0.3 is 24.5 Å². The van der Waals surface area contributed by atoms with Crippen LogP contribution < -0.4 is 25.5 Å². The van der Waals surface area contributed by atoms with Gasteiger partial charge in [0.05, 0.1) is 33.2 Å². The smallest absolute Gasteiger partial charge is 0.250 e. The van der Waals surface area contributed by atoms with Crippen LogP contribution in [0.3, 0.4) is 0 Å². The minimum absolute atomic E-state index is 0.271. The third kappa shape index (κ3) is 6.20. The van der Waals surface area contributed by atoms with E-state index in [1.54, 1.807) is 26.7 Å². The highest BCUT2D eigenvalue weighted by molar-refractivity contribution is 5.80. The molecule has 0 atom stereocenters. The van der Waals surface area contributed by atoms with E-state index in [1.165, 1.54) is 0 Å². The molecule has 0 fully saturated rings. The second kappa shape index (κ2) is 10.6. The van der Waals surface area contributed by atoms with Crippen molar-refractivity contribution in [3.8, 4) is 11.5 Å². The molecule has 2 aromatic heterocycles. The van der Waals surface area contributed by atoms with Gasteiger partial charge in [-0.25, -0.2) is 5.43 Å². The lowest BCUT2D eigenvalue weighted by Crippen LogP contribution is -2.09. The first-order chi connectivity index (χ1) is 16.2. The molecule has 33 heavy (non-hydrogen) atoms. The molecule has 168 valence electrons. The third-order valence-corrected chi connectivity index (χ3v) is 4.48. The SMILES string of the molecule is COc1ccc(/C=N\Nc2nc(NCc3ccco3)nc(Nc3ccc(OC)cc3)n2)cc1. The van der Waals surface area contributed by atoms with Gasteiger partial charge in [0.15, 0.2) is 0 Å². The molecule has 4 aromatic rings. The number of nitrogens with one attached hydrogen (secondary N) is 3. The number of hydrogen-bond acceptors (Lipinski definition) is 10. The van der Waals surface area contributed by atoms with Gasteiger partial charge in [0.25, 0.3) is 0 Å². The van der Waals surface area contributed by atoms with Crippen molar-refractivity contribution in [2.24, 2.45) is 5.10 Å². The van der Waals surface area contributed by atoms with E-state index in [4.69, 9.17) is 13.9 Å². The highest BCUT2D eigenvalue weighted by atomic mass is 16.5. The average Bonchev–Trinajstić information content (AvgIpc) is 3.37. The fourth-order valence-electron chi connectivity index (χ4n) is 2.80. The number of rotatable bonds is 10. The average molecular weight is 445 g/mol. The molecule has 0 unspecified atom stereocenters. The Morgan fingerprint density at radius 1 is 0.848 bits per heavy atom.